The van der Waals surface area contributed by atoms with Crippen molar-refractivity contribution in [1.29, 1.82) is 0 Å². The van der Waals surface area contributed by atoms with E-state index < -0.39 is 10.1 Å². The maximum absolute atomic E-state index is 11.5. The minimum atomic E-state index is -3.44. The molecule has 1 heterocycles. The first-order valence-corrected chi connectivity index (χ1v) is 7.53. The Labute approximate surface area is 102 Å². The van der Waals surface area contributed by atoms with Crippen LogP contribution in [0.2, 0.25) is 0 Å². The highest BCUT2D eigenvalue weighted by Gasteiger charge is 2.34. The lowest BCUT2D eigenvalue weighted by molar-refractivity contribution is 0.0300. The van der Waals surface area contributed by atoms with Gasteiger partial charge in [-0.25, -0.2) is 4.79 Å². The van der Waals surface area contributed by atoms with Crippen molar-refractivity contribution in [1.82, 2.24) is 4.90 Å². The Morgan fingerprint density at radius 2 is 2.18 bits per heavy atom. The van der Waals surface area contributed by atoms with Gasteiger partial charge in [0.15, 0.2) is 0 Å². The van der Waals surface area contributed by atoms with Gasteiger partial charge in [-0.15, -0.1) is 0 Å². The van der Waals surface area contributed by atoms with Gasteiger partial charge in [-0.1, -0.05) is 13.3 Å². The van der Waals surface area contributed by atoms with Gasteiger partial charge in [0, 0.05) is 6.54 Å². The summed E-state index contributed by atoms with van der Waals surface area (Å²) in [5.41, 5.74) is 0. The average molecular weight is 265 g/mol. The van der Waals surface area contributed by atoms with Crippen LogP contribution >= 0.6 is 0 Å². The molecular formula is C10H19NO5S. The van der Waals surface area contributed by atoms with E-state index in [4.69, 9.17) is 4.74 Å². The summed E-state index contributed by atoms with van der Waals surface area (Å²) in [5, 5.41) is 0. The molecule has 1 fully saturated rings. The van der Waals surface area contributed by atoms with Crippen molar-refractivity contribution < 1.29 is 22.1 Å². The second kappa shape index (κ2) is 6.20. The molecule has 0 N–H and O–H groups in total. The first-order valence-electron chi connectivity index (χ1n) is 5.72. The molecule has 17 heavy (non-hydrogen) atoms. The molecule has 1 unspecified atom stereocenters. The maximum Gasteiger partial charge on any atom is 0.410 e. The molecule has 0 saturated carbocycles. The molecule has 0 radical (unpaired) electrons. The zero-order chi connectivity index (χ0) is 12.9. The number of nitrogens with zero attached hydrogens (tertiary/aromatic N) is 1. The second-order valence-electron chi connectivity index (χ2n) is 4.09. The van der Waals surface area contributed by atoms with Gasteiger partial charge in [-0.05, 0) is 12.8 Å². The first kappa shape index (κ1) is 14.2. The molecule has 0 aromatic heterocycles. The molecule has 100 valence electrons. The van der Waals surface area contributed by atoms with E-state index >= 15 is 0 Å². The number of unbranched alkanes of at least 4 members (excludes halogenated alkanes) is 1. The molecule has 6 nitrogen and oxygen atoms in total. The third-order valence-electron chi connectivity index (χ3n) is 2.58. The van der Waals surface area contributed by atoms with Gasteiger partial charge in [0.05, 0.1) is 25.5 Å². The first-order chi connectivity index (χ1) is 7.94. The fourth-order valence-corrected chi connectivity index (χ4v) is 1.85. The molecule has 1 saturated heterocycles. The number of ether oxygens (including phenoxy) is 1. The quantitative estimate of drug-likeness (QED) is 0.528. The number of carbonyl (C=O) groups is 1. The minimum absolute atomic E-state index is 0.0156. The third kappa shape index (κ3) is 4.91. The Hall–Kier alpha value is -0.820. The summed E-state index contributed by atoms with van der Waals surface area (Å²) in [6, 6.07) is -0.182. The number of hydrogen-bond acceptors (Lipinski definition) is 5. The summed E-state index contributed by atoms with van der Waals surface area (Å²) in [5.74, 6) is 0. The van der Waals surface area contributed by atoms with E-state index in [1.54, 1.807) is 0 Å². The number of amides is 1. The van der Waals surface area contributed by atoms with E-state index in [0.717, 1.165) is 25.5 Å². The molecule has 0 spiro atoms. The lowest BCUT2D eigenvalue weighted by Crippen LogP contribution is -2.53. The fourth-order valence-electron chi connectivity index (χ4n) is 1.44. The lowest BCUT2D eigenvalue weighted by atomic mass is 10.1. The normalized spacial score (nSPS) is 19.9. The largest absolute Gasteiger partial charge is 0.449 e. The van der Waals surface area contributed by atoms with Crippen LogP contribution in [0.15, 0.2) is 0 Å². The van der Waals surface area contributed by atoms with Crippen molar-refractivity contribution in [3.8, 4) is 0 Å². The predicted molar refractivity (Wildman–Crippen MR) is 62.2 cm³/mol. The molecule has 0 aliphatic carbocycles. The molecular weight excluding hydrogens is 246 g/mol. The number of hydrogen-bond donors (Lipinski definition) is 0. The summed E-state index contributed by atoms with van der Waals surface area (Å²) in [4.78, 5) is 13.0. The van der Waals surface area contributed by atoms with E-state index in [9.17, 15) is 13.2 Å². The van der Waals surface area contributed by atoms with Crippen LogP contribution in [0.5, 0.6) is 0 Å². The van der Waals surface area contributed by atoms with Crippen LogP contribution in [-0.4, -0.2) is 51.5 Å². The van der Waals surface area contributed by atoms with Crippen LogP contribution in [0.3, 0.4) is 0 Å². The van der Waals surface area contributed by atoms with Crippen molar-refractivity contribution >= 4 is 16.2 Å². The Balaban J connectivity index is 2.28. The van der Waals surface area contributed by atoms with Gasteiger partial charge in [-0.3, -0.25) is 4.18 Å². The summed E-state index contributed by atoms with van der Waals surface area (Å²) in [7, 11) is -3.44. The highest BCUT2D eigenvalue weighted by Crippen LogP contribution is 2.19. The third-order valence-corrected chi connectivity index (χ3v) is 3.14. The Kier molecular flexibility index (Phi) is 5.20. The SMILES string of the molecule is CCCCOC(=O)N1CCC1COS(C)(=O)=O. The van der Waals surface area contributed by atoms with Crippen LogP contribution in [0.4, 0.5) is 4.79 Å². The van der Waals surface area contributed by atoms with Crippen LogP contribution in [0, 0.1) is 0 Å². The second-order valence-corrected chi connectivity index (χ2v) is 5.74. The number of carbonyl (C=O) groups excluding carboxylic acids is 1. The predicted octanol–water partition coefficient (Wildman–Crippen LogP) is 0.974. The topological polar surface area (TPSA) is 72.9 Å². The van der Waals surface area contributed by atoms with Gasteiger partial charge in [0.1, 0.15) is 0 Å². The zero-order valence-corrected chi connectivity index (χ0v) is 11.0. The standard InChI is InChI=1S/C10H19NO5S/c1-3-4-7-15-10(12)11-6-5-9(11)8-16-17(2,13)14/h9H,3-8H2,1-2H3. The van der Waals surface area contributed by atoms with Gasteiger partial charge in [-0.2, -0.15) is 8.42 Å². The van der Waals surface area contributed by atoms with Crippen molar-refractivity contribution in [2.45, 2.75) is 32.2 Å². The summed E-state index contributed by atoms with van der Waals surface area (Å²) in [6.45, 7) is 3.04. The summed E-state index contributed by atoms with van der Waals surface area (Å²) < 4.78 is 31.3. The monoisotopic (exact) mass is 265 g/mol. The zero-order valence-electron chi connectivity index (χ0n) is 10.2. The van der Waals surface area contributed by atoms with Gasteiger partial charge in [0.25, 0.3) is 10.1 Å². The van der Waals surface area contributed by atoms with Gasteiger partial charge >= 0.3 is 6.09 Å². The summed E-state index contributed by atoms with van der Waals surface area (Å²) in [6.07, 6.45) is 3.16. The van der Waals surface area contributed by atoms with Crippen molar-refractivity contribution in [2.24, 2.45) is 0 Å². The fraction of sp³-hybridized carbons (Fsp3) is 0.900. The molecule has 0 aromatic carbocycles. The molecule has 1 aliphatic rings. The molecule has 0 aromatic rings. The molecule has 1 rings (SSSR count). The van der Waals surface area contributed by atoms with E-state index in [2.05, 4.69) is 4.18 Å². The Morgan fingerprint density at radius 1 is 1.47 bits per heavy atom. The van der Waals surface area contributed by atoms with Crippen LogP contribution < -0.4 is 0 Å². The smallest absolute Gasteiger partial charge is 0.410 e. The molecule has 1 atom stereocenters. The highest BCUT2D eigenvalue weighted by molar-refractivity contribution is 7.85. The van der Waals surface area contributed by atoms with Gasteiger partial charge in [0.2, 0.25) is 0 Å². The van der Waals surface area contributed by atoms with Crippen LogP contribution in [0.25, 0.3) is 0 Å². The maximum atomic E-state index is 11.5. The van der Waals surface area contributed by atoms with E-state index in [-0.39, 0.29) is 18.7 Å². The van der Waals surface area contributed by atoms with E-state index in [0.29, 0.717) is 13.2 Å². The Morgan fingerprint density at radius 3 is 2.65 bits per heavy atom. The highest BCUT2D eigenvalue weighted by atomic mass is 32.2. The van der Waals surface area contributed by atoms with Crippen LogP contribution in [0.1, 0.15) is 26.2 Å². The average Bonchev–Trinajstić information content (AvgIpc) is 2.14. The van der Waals surface area contributed by atoms with E-state index in [1.807, 2.05) is 6.92 Å². The molecule has 1 aliphatic heterocycles. The number of rotatable bonds is 6. The molecule has 0 bridgehead atoms. The molecule has 7 heteroatoms. The molecule has 1 amide bonds. The summed E-state index contributed by atoms with van der Waals surface area (Å²) >= 11 is 0. The Bertz CT molecular complexity index is 354. The van der Waals surface area contributed by atoms with Crippen molar-refractivity contribution in [2.75, 3.05) is 26.0 Å². The van der Waals surface area contributed by atoms with Crippen molar-refractivity contribution in [3.05, 3.63) is 0 Å². The van der Waals surface area contributed by atoms with E-state index in [1.165, 1.54) is 4.90 Å². The van der Waals surface area contributed by atoms with Gasteiger partial charge < -0.3 is 9.64 Å². The lowest BCUT2D eigenvalue weighted by Gasteiger charge is -2.39. The minimum Gasteiger partial charge on any atom is -0.449 e. The number of likely N-dealkylation sites (tertiary alicyclic amines) is 1. The van der Waals surface area contributed by atoms with Crippen molar-refractivity contribution in [3.63, 3.8) is 0 Å². The van der Waals surface area contributed by atoms with Crippen LogP contribution in [-0.2, 0) is 19.0 Å².